The molecular formula is C24H32N2O2S. The zero-order chi connectivity index (χ0) is 20.1. The van der Waals surface area contributed by atoms with Crippen molar-refractivity contribution in [2.45, 2.75) is 86.8 Å². The molecule has 29 heavy (non-hydrogen) atoms. The summed E-state index contributed by atoms with van der Waals surface area (Å²) >= 11 is 1.98. The Balaban J connectivity index is 1.28. The van der Waals surface area contributed by atoms with Crippen molar-refractivity contribution in [2.75, 3.05) is 5.32 Å². The molecular weight excluding hydrogens is 380 g/mol. The van der Waals surface area contributed by atoms with E-state index in [4.69, 9.17) is 0 Å². The third-order valence-electron chi connectivity index (χ3n) is 7.70. The number of carbonyl (C=O) groups is 2. The first-order valence-electron chi connectivity index (χ1n) is 11.3. The van der Waals surface area contributed by atoms with Crippen molar-refractivity contribution in [1.82, 2.24) is 5.32 Å². The second kappa shape index (κ2) is 7.33. The van der Waals surface area contributed by atoms with Gasteiger partial charge in [-0.15, -0.1) is 11.8 Å². The molecule has 5 aliphatic rings. The maximum Gasteiger partial charge on any atom is 0.230 e. The Kier molecular flexibility index (Phi) is 4.92. The topological polar surface area (TPSA) is 58.2 Å². The molecule has 1 aromatic rings. The Labute approximate surface area is 178 Å². The maximum absolute atomic E-state index is 13.4. The molecule has 0 spiro atoms. The van der Waals surface area contributed by atoms with Crippen LogP contribution < -0.4 is 10.6 Å². The third kappa shape index (κ3) is 3.83. The van der Waals surface area contributed by atoms with E-state index >= 15 is 0 Å². The quantitative estimate of drug-likeness (QED) is 0.704. The van der Waals surface area contributed by atoms with Gasteiger partial charge in [-0.1, -0.05) is 12.8 Å². The lowest BCUT2D eigenvalue weighted by molar-refractivity contribution is -0.148. The molecule has 6 rings (SSSR count). The van der Waals surface area contributed by atoms with Crippen LogP contribution in [-0.4, -0.2) is 22.6 Å². The van der Waals surface area contributed by atoms with Crippen molar-refractivity contribution in [1.29, 1.82) is 0 Å². The van der Waals surface area contributed by atoms with Gasteiger partial charge in [0.25, 0.3) is 0 Å². The van der Waals surface area contributed by atoms with Crippen molar-refractivity contribution in [3.05, 3.63) is 24.3 Å². The third-order valence-corrected chi connectivity index (χ3v) is 9.05. The second-order valence-electron chi connectivity index (χ2n) is 10.2. The van der Waals surface area contributed by atoms with E-state index in [9.17, 15) is 9.59 Å². The molecule has 156 valence electrons. The fourth-order valence-electron chi connectivity index (χ4n) is 7.13. The van der Waals surface area contributed by atoms with Gasteiger partial charge in [-0.2, -0.15) is 0 Å². The van der Waals surface area contributed by atoms with E-state index in [1.54, 1.807) is 6.92 Å². The van der Waals surface area contributed by atoms with Gasteiger partial charge in [0.1, 0.15) is 0 Å². The predicted octanol–water partition coefficient (Wildman–Crippen LogP) is 5.13. The number of thioether (sulfide) groups is 1. The summed E-state index contributed by atoms with van der Waals surface area (Å²) in [6.07, 6.45) is 11.4. The van der Waals surface area contributed by atoms with Crippen LogP contribution in [0.25, 0.3) is 0 Å². The van der Waals surface area contributed by atoms with Crippen LogP contribution in [-0.2, 0) is 9.59 Å². The number of nitrogens with one attached hydrogen (secondary N) is 2. The zero-order valence-corrected chi connectivity index (χ0v) is 18.2. The van der Waals surface area contributed by atoms with Crippen molar-refractivity contribution in [3.8, 4) is 0 Å². The smallest absolute Gasteiger partial charge is 0.230 e. The number of benzene rings is 1. The molecule has 2 N–H and O–H groups in total. The average Bonchev–Trinajstić information content (AvgIpc) is 3.14. The first kappa shape index (κ1) is 19.5. The summed E-state index contributed by atoms with van der Waals surface area (Å²) in [6, 6.07) is 8.41. The standard InChI is InChI=1S/C24H32N2O2S/c1-16(27)26-24-13-17-10-18(14-24)12-23(11-17,15-24)22(28)25-19-6-8-21(9-7-19)29-20-4-2-3-5-20/h6-9,17-18,20H,2-5,10-15H2,1H3,(H,25,28)(H,26,27)/t17-,18+,23?,24?. The minimum Gasteiger partial charge on any atom is -0.351 e. The first-order valence-corrected chi connectivity index (χ1v) is 12.2. The minimum atomic E-state index is -0.316. The van der Waals surface area contributed by atoms with Gasteiger partial charge in [-0.25, -0.2) is 0 Å². The predicted molar refractivity (Wildman–Crippen MR) is 117 cm³/mol. The van der Waals surface area contributed by atoms with E-state index in [2.05, 4.69) is 34.9 Å². The molecule has 5 heteroatoms. The fourth-order valence-corrected chi connectivity index (χ4v) is 8.37. The zero-order valence-electron chi connectivity index (χ0n) is 17.3. The summed E-state index contributed by atoms with van der Waals surface area (Å²) in [5.41, 5.74) is 0.425. The van der Waals surface area contributed by atoms with E-state index in [1.165, 1.54) is 37.0 Å². The maximum atomic E-state index is 13.4. The number of anilines is 1. The van der Waals surface area contributed by atoms with E-state index in [0.717, 1.165) is 43.0 Å². The molecule has 0 aromatic heterocycles. The van der Waals surface area contributed by atoms with Gasteiger partial charge in [0.15, 0.2) is 0 Å². The molecule has 4 nitrogen and oxygen atoms in total. The lowest BCUT2D eigenvalue weighted by Crippen LogP contribution is -2.65. The van der Waals surface area contributed by atoms with Crippen LogP contribution in [0.1, 0.15) is 71.1 Å². The van der Waals surface area contributed by atoms with Crippen LogP contribution in [0.3, 0.4) is 0 Å². The molecule has 0 heterocycles. The summed E-state index contributed by atoms with van der Waals surface area (Å²) in [5, 5.41) is 7.24. The molecule has 0 aliphatic heterocycles. The molecule has 5 saturated carbocycles. The highest BCUT2D eigenvalue weighted by molar-refractivity contribution is 8.00. The summed E-state index contributed by atoms with van der Waals surface area (Å²) in [7, 11) is 0. The normalized spacial score (nSPS) is 35.6. The summed E-state index contributed by atoms with van der Waals surface area (Å²) in [6.45, 7) is 1.61. The van der Waals surface area contributed by atoms with Crippen molar-refractivity contribution in [3.63, 3.8) is 0 Å². The van der Waals surface area contributed by atoms with Gasteiger partial charge >= 0.3 is 0 Å². The highest BCUT2D eigenvalue weighted by Crippen LogP contribution is 2.61. The van der Waals surface area contributed by atoms with E-state index in [-0.39, 0.29) is 22.8 Å². The minimum absolute atomic E-state index is 0.0397. The molecule has 0 saturated heterocycles. The summed E-state index contributed by atoms with van der Waals surface area (Å²) in [4.78, 5) is 26.6. The van der Waals surface area contributed by atoms with Crippen LogP contribution in [0.4, 0.5) is 5.69 Å². The highest BCUT2D eigenvalue weighted by Gasteiger charge is 2.60. The van der Waals surface area contributed by atoms with E-state index in [0.29, 0.717) is 11.8 Å². The Bertz CT molecular complexity index is 786. The van der Waals surface area contributed by atoms with Gasteiger partial charge in [0, 0.05) is 28.3 Å². The molecule has 0 radical (unpaired) electrons. The number of hydrogen-bond acceptors (Lipinski definition) is 3. The first-order chi connectivity index (χ1) is 13.9. The van der Waals surface area contributed by atoms with Gasteiger partial charge in [-0.3, -0.25) is 9.59 Å². The molecule has 5 aliphatic carbocycles. The Morgan fingerprint density at radius 3 is 2.28 bits per heavy atom. The van der Waals surface area contributed by atoms with Gasteiger partial charge in [0.05, 0.1) is 5.41 Å². The molecule has 1 aromatic carbocycles. The lowest BCUT2D eigenvalue weighted by atomic mass is 9.46. The molecule has 2 unspecified atom stereocenters. The molecule has 2 amide bonds. The number of rotatable bonds is 5. The van der Waals surface area contributed by atoms with Crippen LogP contribution in [0.5, 0.6) is 0 Å². The van der Waals surface area contributed by atoms with E-state index < -0.39 is 0 Å². The van der Waals surface area contributed by atoms with Crippen LogP contribution in [0, 0.1) is 17.3 Å². The highest BCUT2D eigenvalue weighted by atomic mass is 32.2. The number of hydrogen-bond donors (Lipinski definition) is 2. The van der Waals surface area contributed by atoms with Gasteiger partial charge in [-0.05, 0) is 87.5 Å². The number of carbonyl (C=O) groups excluding carboxylic acids is 2. The Morgan fingerprint density at radius 2 is 1.66 bits per heavy atom. The van der Waals surface area contributed by atoms with Crippen LogP contribution in [0.15, 0.2) is 29.2 Å². The van der Waals surface area contributed by atoms with Crippen LogP contribution >= 0.6 is 11.8 Å². The van der Waals surface area contributed by atoms with Crippen molar-refractivity contribution in [2.24, 2.45) is 17.3 Å². The molecule has 5 fully saturated rings. The SMILES string of the molecule is CC(=O)NC12C[C@H]3C[C@@H](C1)CC(C(=O)Nc1ccc(SC4CCCC4)cc1)(C3)C2. The molecule has 4 bridgehead atoms. The van der Waals surface area contributed by atoms with Gasteiger partial charge in [0.2, 0.25) is 11.8 Å². The fraction of sp³-hybridized carbons (Fsp3) is 0.667. The Morgan fingerprint density at radius 1 is 1.00 bits per heavy atom. The largest absolute Gasteiger partial charge is 0.351 e. The van der Waals surface area contributed by atoms with E-state index in [1.807, 2.05) is 11.8 Å². The summed E-state index contributed by atoms with van der Waals surface area (Å²) < 4.78 is 0. The van der Waals surface area contributed by atoms with Crippen molar-refractivity contribution >= 4 is 29.3 Å². The number of amides is 2. The summed E-state index contributed by atoms with van der Waals surface area (Å²) in [5.74, 6) is 1.34. The van der Waals surface area contributed by atoms with Gasteiger partial charge < -0.3 is 10.6 Å². The second-order valence-corrected chi connectivity index (χ2v) is 11.6. The van der Waals surface area contributed by atoms with Crippen LogP contribution in [0.2, 0.25) is 0 Å². The average molecular weight is 413 g/mol. The molecule has 4 atom stereocenters. The Hall–Kier alpha value is -1.49. The monoisotopic (exact) mass is 412 g/mol. The van der Waals surface area contributed by atoms with Crippen molar-refractivity contribution < 1.29 is 9.59 Å². The lowest BCUT2D eigenvalue weighted by Gasteiger charge is -2.61.